The van der Waals surface area contributed by atoms with Gasteiger partial charge in [0.25, 0.3) is 0 Å². The van der Waals surface area contributed by atoms with Crippen LogP contribution in [-0.2, 0) is 13.6 Å². The van der Waals surface area contributed by atoms with Crippen LogP contribution in [0.2, 0.25) is 0 Å². The Morgan fingerprint density at radius 2 is 1.86 bits per heavy atom. The van der Waals surface area contributed by atoms with Gasteiger partial charge in [0.15, 0.2) is 11.5 Å². The third-order valence-corrected chi connectivity index (χ3v) is 5.57. The van der Waals surface area contributed by atoms with E-state index in [0.717, 1.165) is 23.0 Å². The van der Waals surface area contributed by atoms with E-state index in [2.05, 4.69) is 19.2 Å². The minimum Gasteiger partial charge on any atom is -0.454 e. The van der Waals surface area contributed by atoms with Crippen molar-refractivity contribution >= 4 is 11.0 Å². The second kappa shape index (κ2) is 7.57. The summed E-state index contributed by atoms with van der Waals surface area (Å²) in [4.78, 5) is 12.6. The molecule has 4 rings (SSSR count). The van der Waals surface area contributed by atoms with Gasteiger partial charge in [-0.25, -0.2) is 4.79 Å². The lowest BCUT2D eigenvalue weighted by molar-refractivity contribution is 0.157. The highest BCUT2D eigenvalue weighted by atomic mass is 16.7. The number of aliphatic hydroxyl groups excluding tert-OH is 1. The van der Waals surface area contributed by atoms with Crippen molar-refractivity contribution in [1.29, 1.82) is 0 Å². The summed E-state index contributed by atoms with van der Waals surface area (Å²) >= 11 is 0. The molecule has 7 nitrogen and oxygen atoms in total. The number of aryl methyl sites for hydroxylation is 2. The number of hydrogen-bond acceptors (Lipinski definition) is 5. The highest BCUT2D eigenvalue weighted by molar-refractivity contribution is 5.75. The van der Waals surface area contributed by atoms with Gasteiger partial charge in [-0.15, -0.1) is 0 Å². The van der Waals surface area contributed by atoms with Gasteiger partial charge in [-0.1, -0.05) is 18.2 Å². The number of rotatable bonds is 7. The molecule has 0 saturated heterocycles. The number of β-amino-alcohol motifs (C(OH)–C–C–N with tert-alkyl or cyclic N) is 1. The van der Waals surface area contributed by atoms with Crippen molar-refractivity contribution in [2.24, 2.45) is 7.05 Å². The number of benzene rings is 2. The fourth-order valence-corrected chi connectivity index (χ4v) is 3.67. The minimum absolute atomic E-state index is 0.0117. The SMILES string of the molecule is Cn1c(=O)n(CCC(C)(C)NCC(O)c2ccc3c(c2)OCO3)c2ccccc21. The zero-order valence-electron chi connectivity index (χ0n) is 17.0. The summed E-state index contributed by atoms with van der Waals surface area (Å²) in [6.45, 7) is 5.37. The smallest absolute Gasteiger partial charge is 0.328 e. The summed E-state index contributed by atoms with van der Waals surface area (Å²) in [7, 11) is 1.80. The van der Waals surface area contributed by atoms with Crippen LogP contribution in [0, 0.1) is 0 Å². The number of para-hydroxylation sites is 2. The largest absolute Gasteiger partial charge is 0.454 e. The Morgan fingerprint density at radius 3 is 2.66 bits per heavy atom. The summed E-state index contributed by atoms with van der Waals surface area (Å²) in [6.07, 6.45) is 0.0819. The topological polar surface area (TPSA) is 77.7 Å². The predicted octanol–water partition coefficient (Wildman–Crippen LogP) is 2.56. The highest BCUT2D eigenvalue weighted by Gasteiger charge is 2.22. The Morgan fingerprint density at radius 1 is 1.14 bits per heavy atom. The third kappa shape index (κ3) is 3.88. The van der Waals surface area contributed by atoms with Crippen LogP contribution < -0.4 is 20.5 Å². The van der Waals surface area contributed by atoms with E-state index in [1.807, 2.05) is 47.0 Å². The minimum atomic E-state index is -0.663. The fourth-order valence-electron chi connectivity index (χ4n) is 3.67. The number of aromatic nitrogens is 2. The van der Waals surface area contributed by atoms with Crippen molar-refractivity contribution in [3.8, 4) is 11.5 Å². The summed E-state index contributed by atoms with van der Waals surface area (Å²) in [5, 5.41) is 14.0. The molecule has 0 amide bonds. The van der Waals surface area contributed by atoms with E-state index in [9.17, 15) is 9.90 Å². The van der Waals surface area contributed by atoms with Crippen LogP contribution in [0.4, 0.5) is 0 Å². The quantitative estimate of drug-likeness (QED) is 0.641. The molecule has 0 saturated carbocycles. The lowest BCUT2D eigenvalue weighted by Crippen LogP contribution is -2.43. The molecular formula is C22H27N3O4. The molecule has 1 aliphatic heterocycles. The number of fused-ring (bicyclic) bond motifs is 2. The first-order chi connectivity index (χ1) is 13.9. The summed E-state index contributed by atoms with van der Waals surface area (Å²) in [5.41, 5.74) is 2.39. The first-order valence-electron chi connectivity index (χ1n) is 9.83. The summed E-state index contributed by atoms with van der Waals surface area (Å²) in [6, 6.07) is 13.3. The maximum Gasteiger partial charge on any atom is 0.328 e. The second-order valence-electron chi connectivity index (χ2n) is 8.13. The molecule has 29 heavy (non-hydrogen) atoms. The van der Waals surface area contributed by atoms with Crippen molar-refractivity contribution in [1.82, 2.24) is 14.5 Å². The van der Waals surface area contributed by atoms with E-state index >= 15 is 0 Å². The molecule has 154 valence electrons. The molecule has 3 aromatic rings. The van der Waals surface area contributed by atoms with E-state index in [-0.39, 0.29) is 18.0 Å². The Bertz CT molecular complexity index is 1080. The lowest BCUT2D eigenvalue weighted by Gasteiger charge is -2.28. The van der Waals surface area contributed by atoms with Crippen LogP contribution in [0.25, 0.3) is 11.0 Å². The van der Waals surface area contributed by atoms with Crippen molar-refractivity contribution in [2.45, 2.75) is 38.5 Å². The number of hydrogen-bond donors (Lipinski definition) is 2. The van der Waals surface area contributed by atoms with Gasteiger partial charge in [0.2, 0.25) is 6.79 Å². The van der Waals surface area contributed by atoms with Gasteiger partial charge in [-0.3, -0.25) is 9.13 Å². The van der Waals surface area contributed by atoms with E-state index in [0.29, 0.717) is 24.6 Å². The average molecular weight is 397 g/mol. The van der Waals surface area contributed by atoms with Gasteiger partial charge in [0.05, 0.1) is 17.1 Å². The number of nitrogens with zero attached hydrogens (tertiary/aromatic N) is 2. The van der Waals surface area contributed by atoms with Crippen molar-refractivity contribution < 1.29 is 14.6 Å². The Hall–Kier alpha value is -2.77. The van der Waals surface area contributed by atoms with E-state index in [1.165, 1.54) is 0 Å². The second-order valence-corrected chi connectivity index (χ2v) is 8.13. The van der Waals surface area contributed by atoms with E-state index in [4.69, 9.17) is 9.47 Å². The van der Waals surface area contributed by atoms with Gasteiger partial charge in [-0.05, 0) is 50.1 Å². The zero-order valence-corrected chi connectivity index (χ0v) is 17.0. The highest BCUT2D eigenvalue weighted by Crippen LogP contribution is 2.34. The first-order valence-corrected chi connectivity index (χ1v) is 9.83. The molecule has 1 atom stereocenters. The monoisotopic (exact) mass is 397 g/mol. The number of aliphatic hydroxyl groups is 1. The first kappa shape index (κ1) is 19.5. The molecule has 0 radical (unpaired) electrons. The normalized spacial score (nSPS) is 14.5. The number of imidazole rings is 1. The molecule has 7 heteroatoms. The van der Waals surface area contributed by atoms with Gasteiger partial charge in [0.1, 0.15) is 0 Å². The standard InChI is InChI=1S/C22H27N3O4/c1-22(2,10-11-25-17-7-5-4-6-16(17)24(3)21(25)27)23-13-18(26)15-8-9-19-20(12-15)29-14-28-19/h4-9,12,18,23,26H,10-11,13-14H2,1-3H3. The van der Waals surface area contributed by atoms with Gasteiger partial charge in [-0.2, -0.15) is 0 Å². The molecule has 1 unspecified atom stereocenters. The van der Waals surface area contributed by atoms with Crippen LogP contribution >= 0.6 is 0 Å². The van der Waals surface area contributed by atoms with Crippen molar-refractivity contribution in [3.05, 3.63) is 58.5 Å². The van der Waals surface area contributed by atoms with Crippen LogP contribution in [-0.4, -0.2) is 33.1 Å². The molecule has 1 aliphatic rings. The van der Waals surface area contributed by atoms with Crippen molar-refractivity contribution in [2.75, 3.05) is 13.3 Å². The van der Waals surface area contributed by atoms with Crippen LogP contribution in [0.5, 0.6) is 11.5 Å². The molecule has 0 fully saturated rings. The molecular weight excluding hydrogens is 370 g/mol. The predicted molar refractivity (Wildman–Crippen MR) is 111 cm³/mol. The van der Waals surface area contributed by atoms with Crippen LogP contribution in [0.15, 0.2) is 47.3 Å². The third-order valence-electron chi connectivity index (χ3n) is 5.57. The zero-order chi connectivity index (χ0) is 20.6. The Labute approximate surface area is 169 Å². The van der Waals surface area contributed by atoms with Gasteiger partial charge >= 0.3 is 5.69 Å². The van der Waals surface area contributed by atoms with Crippen molar-refractivity contribution in [3.63, 3.8) is 0 Å². The maximum atomic E-state index is 12.6. The molecule has 0 spiro atoms. The summed E-state index contributed by atoms with van der Waals surface area (Å²) < 4.78 is 14.2. The molecule has 1 aromatic heterocycles. The molecule has 0 aliphatic carbocycles. The molecule has 0 bridgehead atoms. The number of nitrogens with one attached hydrogen (secondary N) is 1. The van der Waals surface area contributed by atoms with Gasteiger partial charge < -0.3 is 19.9 Å². The van der Waals surface area contributed by atoms with E-state index in [1.54, 1.807) is 11.6 Å². The van der Waals surface area contributed by atoms with Crippen LogP contribution in [0.1, 0.15) is 31.9 Å². The number of ether oxygens (including phenoxy) is 2. The van der Waals surface area contributed by atoms with E-state index < -0.39 is 6.10 Å². The summed E-state index contributed by atoms with van der Waals surface area (Å²) in [5.74, 6) is 1.37. The molecule has 2 aromatic carbocycles. The average Bonchev–Trinajstić information content (AvgIpc) is 3.28. The van der Waals surface area contributed by atoms with Crippen LogP contribution in [0.3, 0.4) is 0 Å². The molecule has 2 heterocycles. The van der Waals surface area contributed by atoms with Gasteiger partial charge in [0, 0.05) is 25.7 Å². The Balaban J connectivity index is 1.40. The lowest BCUT2D eigenvalue weighted by atomic mass is 9.99. The fraction of sp³-hybridized carbons (Fsp3) is 0.409. The molecule has 2 N–H and O–H groups in total. The maximum absolute atomic E-state index is 12.6. The Kier molecular flexibility index (Phi) is 5.10.